The Bertz CT molecular complexity index is 774. The molecular weight excluding hydrogens is 344 g/mol. The molecule has 0 saturated heterocycles. The quantitative estimate of drug-likeness (QED) is 0.576. The van der Waals surface area contributed by atoms with E-state index >= 15 is 0 Å². The van der Waals surface area contributed by atoms with Crippen molar-refractivity contribution in [3.05, 3.63) is 12.2 Å². The molecule has 6 aliphatic rings. The van der Waals surface area contributed by atoms with E-state index in [0.29, 0.717) is 35.5 Å². The lowest BCUT2D eigenvalue weighted by Crippen LogP contribution is -2.70. The zero-order valence-electron chi connectivity index (χ0n) is 16.2. The summed E-state index contributed by atoms with van der Waals surface area (Å²) in [5.41, 5.74) is -2.95. The molecule has 4 nitrogen and oxygen atoms in total. The van der Waals surface area contributed by atoms with Gasteiger partial charge in [-0.25, -0.2) is 0 Å². The summed E-state index contributed by atoms with van der Waals surface area (Å²) in [5.74, 6) is 2.37. The van der Waals surface area contributed by atoms with Crippen LogP contribution in [0.5, 0.6) is 0 Å². The van der Waals surface area contributed by atoms with Crippen molar-refractivity contribution in [2.75, 3.05) is 0 Å². The summed E-state index contributed by atoms with van der Waals surface area (Å²) in [6.45, 7) is 0. The number of rotatable bonds is 0. The summed E-state index contributed by atoms with van der Waals surface area (Å²) in [6.07, 6.45) is 13.4. The first-order chi connectivity index (χ1) is 13.7. The van der Waals surface area contributed by atoms with Crippen LogP contribution in [0.4, 0.5) is 0 Å². The Morgan fingerprint density at radius 3 is 1.36 bits per heavy atom. The van der Waals surface area contributed by atoms with Crippen LogP contribution in [0, 0.1) is 103 Å². The molecule has 5 fully saturated rings. The Morgan fingerprint density at radius 1 is 0.607 bits per heavy atom. The second-order valence-electron chi connectivity index (χ2n) is 9.99. The third-order valence-electron chi connectivity index (χ3n) is 9.46. The molecule has 28 heavy (non-hydrogen) atoms. The number of nitriles is 4. The third-order valence-corrected chi connectivity index (χ3v) is 9.46. The Hall–Kier alpha value is -2.30. The molecule has 0 radical (unpaired) electrons. The fourth-order valence-electron chi connectivity index (χ4n) is 8.60. The van der Waals surface area contributed by atoms with Gasteiger partial charge in [0, 0.05) is 0 Å². The van der Waals surface area contributed by atoms with Gasteiger partial charge in [0.25, 0.3) is 0 Å². The highest BCUT2D eigenvalue weighted by molar-refractivity contribution is 5.43. The molecule has 5 saturated carbocycles. The van der Waals surface area contributed by atoms with E-state index in [1.54, 1.807) is 0 Å². The van der Waals surface area contributed by atoms with E-state index < -0.39 is 10.8 Å². The minimum atomic E-state index is -1.47. The van der Waals surface area contributed by atoms with Gasteiger partial charge in [0.2, 0.25) is 0 Å². The van der Waals surface area contributed by atoms with Crippen LogP contribution >= 0.6 is 0 Å². The normalized spacial score (nSPS) is 46.4. The maximum Gasteiger partial charge on any atom is 0.179 e. The highest BCUT2D eigenvalue weighted by Gasteiger charge is 2.77. The van der Waals surface area contributed by atoms with E-state index in [-0.39, 0.29) is 11.8 Å². The van der Waals surface area contributed by atoms with Gasteiger partial charge in [0.05, 0.1) is 24.3 Å². The summed E-state index contributed by atoms with van der Waals surface area (Å²) >= 11 is 0. The Labute approximate surface area is 167 Å². The van der Waals surface area contributed by atoms with Crippen LogP contribution in [0.2, 0.25) is 0 Å². The molecule has 8 unspecified atom stereocenters. The summed E-state index contributed by atoms with van der Waals surface area (Å²) in [4.78, 5) is 0. The lowest BCUT2D eigenvalue weighted by molar-refractivity contribution is -0.205. The summed E-state index contributed by atoms with van der Waals surface area (Å²) < 4.78 is 0. The minimum absolute atomic E-state index is 0.117. The molecule has 6 aliphatic carbocycles. The van der Waals surface area contributed by atoms with Crippen LogP contribution in [0.3, 0.4) is 0 Å². The summed E-state index contributed by atoms with van der Waals surface area (Å²) in [7, 11) is 0. The van der Waals surface area contributed by atoms with Gasteiger partial charge < -0.3 is 0 Å². The molecule has 0 aromatic heterocycles. The number of hydrogen-bond donors (Lipinski definition) is 0. The Morgan fingerprint density at radius 2 is 1.00 bits per heavy atom. The van der Waals surface area contributed by atoms with E-state index in [4.69, 9.17) is 0 Å². The average Bonchev–Trinajstić information content (AvgIpc) is 2.76. The monoisotopic (exact) mass is 370 g/mol. The molecule has 0 aromatic rings. The SMILES string of the molecule is N#CC1(C#N)C2C3CCCCC3C(C3CC4CC=CCC4CC32)C1(C#N)C#N. The number of allylic oxidation sites excluding steroid dienone is 2. The predicted octanol–water partition coefficient (Wildman–Crippen LogP) is 4.73. The maximum atomic E-state index is 10.3. The molecule has 0 N–H and O–H groups in total. The largest absolute Gasteiger partial charge is 0.196 e. The van der Waals surface area contributed by atoms with Gasteiger partial charge in [-0.1, -0.05) is 25.0 Å². The fraction of sp³-hybridized carbons (Fsp3) is 0.750. The second-order valence-corrected chi connectivity index (χ2v) is 9.99. The van der Waals surface area contributed by atoms with Gasteiger partial charge in [0.1, 0.15) is 0 Å². The van der Waals surface area contributed by atoms with Gasteiger partial charge in [-0.3, -0.25) is 0 Å². The van der Waals surface area contributed by atoms with E-state index in [0.717, 1.165) is 51.4 Å². The molecule has 2 bridgehead atoms. The van der Waals surface area contributed by atoms with Crippen molar-refractivity contribution in [1.29, 1.82) is 21.0 Å². The smallest absolute Gasteiger partial charge is 0.179 e. The topological polar surface area (TPSA) is 95.2 Å². The van der Waals surface area contributed by atoms with E-state index in [1.165, 1.54) is 0 Å². The lowest BCUT2D eigenvalue weighted by Gasteiger charge is -2.68. The van der Waals surface area contributed by atoms with E-state index in [2.05, 4.69) is 36.4 Å². The van der Waals surface area contributed by atoms with Crippen molar-refractivity contribution in [1.82, 2.24) is 0 Å². The number of hydrogen-bond acceptors (Lipinski definition) is 4. The van der Waals surface area contributed by atoms with Crippen molar-refractivity contribution < 1.29 is 0 Å². The van der Waals surface area contributed by atoms with Crippen molar-refractivity contribution in [2.24, 2.45) is 58.2 Å². The molecule has 0 aliphatic heterocycles. The standard InChI is InChI=1S/C24H26N4/c25-11-23(12-26)21-17-7-3-4-8-18(17)22(24(23,13-27)14-28)20-10-16-6-2-1-5-15(16)9-19(20)21/h1-2,15-22H,3-10H2. The second kappa shape index (κ2) is 6.10. The van der Waals surface area contributed by atoms with Crippen LogP contribution in [-0.4, -0.2) is 0 Å². The van der Waals surface area contributed by atoms with Gasteiger partial charge in [0.15, 0.2) is 10.8 Å². The first-order valence-electron chi connectivity index (χ1n) is 11.0. The van der Waals surface area contributed by atoms with Crippen molar-refractivity contribution in [3.8, 4) is 24.3 Å². The Kier molecular flexibility index (Phi) is 3.87. The van der Waals surface area contributed by atoms with Crippen molar-refractivity contribution >= 4 is 0 Å². The van der Waals surface area contributed by atoms with Crippen molar-refractivity contribution in [2.45, 2.75) is 51.4 Å². The maximum absolute atomic E-state index is 10.3. The van der Waals surface area contributed by atoms with E-state index in [1.807, 2.05) is 0 Å². The van der Waals surface area contributed by atoms with E-state index in [9.17, 15) is 21.0 Å². The molecule has 0 amide bonds. The van der Waals surface area contributed by atoms with Crippen LogP contribution in [0.15, 0.2) is 12.2 Å². The molecule has 0 aromatic carbocycles. The lowest BCUT2D eigenvalue weighted by atomic mass is 9.31. The third kappa shape index (κ3) is 1.88. The van der Waals surface area contributed by atoms with Gasteiger partial charge in [-0.2, -0.15) is 21.0 Å². The van der Waals surface area contributed by atoms with Crippen LogP contribution in [-0.2, 0) is 0 Å². The van der Waals surface area contributed by atoms with Crippen molar-refractivity contribution in [3.63, 3.8) is 0 Å². The molecule has 4 heteroatoms. The van der Waals surface area contributed by atoms with Crippen LogP contribution in [0.1, 0.15) is 51.4 Å². The molecule has 8 atom stereocenters. The molecule has 0 spiro atoms. The molecule has 0 heterocycles. The minimum Gasteiger partial charge on any atom is -0.196 e. The van der Waals surface area contributed by atoms with Gasteiger partial charge in [-0.15, -0.1) is 0 Å². The average molecular weight is 371 g/mol. The van der Waals surface area contributed by atoms with Crippen LogP contribution < -0.4 is 0 Å². The van der Waals surface area contributed by atoms with Gasteiger partial charge >= 0.3 is 0 Å². The first kappa shape index (κ1) is 17.8. The highest BCUT2D eigenvalue weighted by atomic mass is 14.8. The molecular formula is C24H26N4. The van der Waals surface area contributed by atoms with Gasteiger partial charge in [-0.05, 0) is 85.9 Å². The molecule has 142 valence electrons. The number of fused-ring (bicyclic) bond motifs is 2. The Balaban J connectivity index is 1.70. The van der Waals surface area contributed by atoms with Crippen LogP contribution in [0.25, 0.3) is 0 Å². The summed E-state index contributed by atoms with van der Waals surface area (Å²) in [6, 6.07) is 9.24. The zero-order valence-corrected chi connectivity index (χ0v) is 16.2. The number of nitrogens with zero attached hydrogens (tertiary/aromatic N) is 4. The fourth-order valence-corrected chi connectivity index (χ4v) is 8.60. The predicted molar refractivity (Wildman–Crippen MR) is 101 cm³/mol. The highest BCUT2D eigenvalue weighted by Crippen LogP contribution is 2.74. The molecule has 6 rings (SSSR count). The first-order valence-corrected chi connectivity index (χ1v) is 11.0. The summed E-state index contributed by atoms with van der Waals surface area (Å²) in [5, 5.41) is 41.2. The zero-order chi connectivity index (χ0) is 19.5.